The number of anilines is 1. The van der Waals surface area contributed by atoms with Crippen LogP contribution in [-0.4, -0.2) is 24.5 Å². The van der Waals surface area contributed by atoms with Gasteiger partial charge in [0, 0.05) is 41.1 Å². The van der Waals surface area contributed by atoms with E-state index in [1.165, 1.54) is 5.56 Å². The minimum atomic E-state index is -0.223. The minimum Gasteiger partial charge on any atom is -0.370 e. The van der Waals surface area contributed by atoms with Gasteiger partial charge in [0.15, 0.2) is 0 Å². The first-order valence-corrected chi connectivity index (χ1v) is 10.8. The summed E-state index contributed by atoms with van der Waals surface area (Å²) in [5.41, 5.74) is 10.9. The summed E-state index contributed by atoms with van der Waals surface area (Å²) in [6, 6.07) is 26.2. The predicted molar refractivity (Wildman–Crippen MR) is 127 cm³/mol. The van der Waals surface area contributed by atoms with Gasteiger partial charge in [0.25, 0.3) is 0 Å². The van der Waals surface area contributed by atoms with Gasteiger partial charge in [-0.3, -0.25) is 0 Å². The van der Waals surface area contributed by atoms with Gasteiger partial charge in [0.2, 0.25) is 0 Å². The van der Waals surface area contributed by atoms with Gasteiger partial charge in [0.05, 0.1) is 12.1 Å². The Balaban J connectivity index is 1.61. The van der Waals surface area contributed by atoms with Crippen molar-refractivity contribution < 1.29 is 0 Å². The maximum atomic E-state index is 6.55. The summed E-state index contributed by atoms with van der Waals surface area (Å²) in [5, 5.41) is 1.47. The molecule has 0 amide bonds. The van der Waals surface area contributed by atoms with Crippen molar-refractivity contribution >= 4 is 28.9 Å². The standard InChI is InChI=1S/C25H25Cl2N3/c1-18(25(28)20-5-3-2-4-6-20)29-15-16-30(23-13-11-22(27)12-14-23)24(17-29)19-7-9-21(26)10-8-19/h2-14,24-25H,1,15-17,28H2. The van der Waals surface area contributed by atoms with Crippen molar-refractivity contribution in [3.63, 3.8) is 0 Å². The van der Waals surface area contributed by atoms with Gasteiger partial charge in [-0.2, -0.15) is 0 Å². The van der Waals surface area contributed by atoms with Crippen molar-refractivity contribution in [3.8, 4) is 0 Å². The summed E-state index contributed by atoms with van der Waals surface area (Å²) in [6.07, 6.45) is 0. The molecule has 154 valence electrons. The zero-order chi connectivity index (χ0) is 21.1. The lowest BCUT2D eigenvalue weighted by Gasteiger charge is -2.45. The van der Waals surface area contributed by atoms with Crippen molar-refractivity contribution in [1.82, 2.24) is 4.90 Å². The number of hydrogen-bond donors (Lipinski definition) is 1. The monoisotopic (exact) mass is 437 g/mol. The van der Waals surface area contributed by atoms with E-state index in [1.807, 2.05) is 42.5 Å². The van der Waals surface area contributed by atoms with E-state index < -0.39 is 0 Å². The maximum Gasteiger partial charge on any atom is 0.0718 e. The van der Waals surface area contributed by atoms with Crippen molar-refractivity contribution in [2.45, 2.75) is 12.1 Å². The quantitative estimate of drug-likeness (QED) is 0.525. The molecule has 1 heterocycles. The number of piperazine rings is 1. The molecule has 0 spiro atoms. The Bertz CT molecular complexity index is 987. The van der Waals surface area contributed by atoms with E-state index >= 15 is 0 Å². The summed E-state index contributed by atoms with van der Waals surface area (Å²) in [6.45, 7) is 6.86. The molecule has 0 saturated carbocycles. The highest BCUT2D eigenvalue weighted by Crippen LogP contribution is 2.34. The minimum absolute atomic E-state index is 0.150. The molecule has 5 heteroatoms. The summed E-state index contributed by atoms with van der Waals surface area (Å²) in [5.74, 6) is 0. The third-order valence-corrected chi connectivity index (χ3v) is 6.22. The van der Waals surface area contributed by atoms with Gasteiger partial charge < -0.3 is 15.5 Å². The highest BCUT2D eigenvalue weighted by atomic mass is 35.5. The first-order chi connectivity index (χ1) is 14.5. The van der Waals surface area contributed by atoms with Crippen molar-refractivity contribution in [2.75, 3.05) is 24.5 Å². The van der Waals surface area contributed by atoms with Gasteiger partial charge in [0.1, 0.15) is 0 Å². The smallest absolute Gasteiger partial charge is 0.0718 e. The SMILES string of the molecule is C=C(C(N)c1ccccc1)N1CCN(c2ccc(Cl)cc2)C(c2ccc(Cl)cc2)C1. The predicted octanol–water partition coefficient (Wildman–Crippen LogP) is 6.07. The number of benzene rings is 3. The lowest BCUT2D eigenvalue weighted by molar-refractivity contribution is 0.264. The van der Waals surface area contributed by atoms with Crippen LogP contribution in [0.3, 0.4) is 0 Å². The summed E-state index contributed by atoms with van der Waals surface area (Å²) >= 11 is 12.3. The third-order valence-electron chi connectivity index (χ3n) is 5.72. The molecule has 3 aromatic rings. The number of nitrogens with zero attached hydrogens (tertiary/aromatic N) is 2. The normalized spacial score (nSPS) is 17.6. The Morgan fingerprint density at radius 3 is 2.10 bits per heavy atom. The third kappa shape index (κ3) is 4.49. The second-order valence-corrected chi connectivity index (χ2v) is 8.44. The molecular weight excluding hydrogens is 413 g/mol. The first-order valence-electron chi connectivity index (χ1n) is 10.0. The molecule has 2 unspecified atom stereocenters. The fourth-order valence-corrected chi connectivity index (χ4v) is 4.26. The molecular formula is C25H25Cl2N3. The maximum absolute atomic E-state index is 6.55. The second kappa shape index (κ2) is 9.13. The molecule has 2 N–H and O–H groups in total. The summed E-state index contributed by atoms with van der Waals surface area (Å²) < 4.78 is 0. The summed E-state index contributed by atoms with van der Waals surface area (Å²) in [7, 11) is 0. The topological polar surface area (TPSA) is 32.5 Å². The van der Waals surface area contributed by atoms with E-state index in [0.29, 0.717) is 0 Å². The highest BCUT2D eigenvalue weighted by molar-refractivity contribution is 6.30. The Labute approximate surface area is 188 Å². The van der Waals surface area contributed by atoms with Gasteiger partial charge in [-0.15, -0.1) is 0 Å². The lowest BCUT2D eigenvalue weighted by atomic mass is 9.98. The van der Waals surface area contributed by atoms with E-state index in [-0.39, 0.29) is 12.1 Å². The molecule has 0 radical (unpaired) electrons. The molecule has 1 saturated heterocycles. The van der Waals surface area contributed by atoms with E-state index in [9.17, 15) is 0 Å². The van der Waals surface area contributed by atoms with Crippen LogP contribution in [0, 0.1) is 0 Å². The fraction of sp³-hybridized carbons (Fsp3) is 0.200. The van der Waals surface area contributed by atoms with Crippen LogP contribution in [-0.2, 0) is 0 Å². The van der Waals surface area contributed by atoms with E-state index in [0.717, 1.165) is 46.6 Å². The van der Waals surface area contributed by atoms with Gasteiger partial charge >= 0.3 is 0 Å². The number of nitrogens with two attached hydrogens (primary N) is 1. The molecule has 0 bridgehead atoms. The highest BCUT2D eigenvalue weighted by Gasteiger charge is 2.30. The van der Waals surface area contributed by atoms with E-state index in [2.05, 4.69) is 52.8 Å². The molecule has 4 rings (SSSR count). The average Bonchev–Trinajstić information content (AvgIpc) is 2.79. The Morgan fingerprint density at radius 2 is 1.47 bits per heavy atom. The largest absolute Gasteiger partial charge is 0.370 e. The van der Waals surface area contributed by atoms with Gasteiger partial charge in [-0.1, -0.05) is 72.2 Å². The molecule has 2 atom stereocenters. The van der Waals surface area contributed by atoms with Crippen LogP contribution in [0.2, 0.25) is 10.0 Å². The zero-order valence-electron chi connectivity index (χ0n) is 16.7. The lowest BCUT2D eigenvalue weighted by Crippen LogP contribution is -2.49. The number of hydrogen-bond acceptors (Lipinski definition) is 3. The molecule has 3 nitrogen and oxygen atoms in total. The van der Waals surface area contributed by atoms with Gasteiger partial charge in [-0.25, -0.2) is 0 Å². The van der Waals surface area contributed by atoms with Crippen LogP contribution >= 0.6 is 23.2 Å². The van der Waals surface area contributed by atoms with Crippen LogP contribution in [0.1, 0.15) is 23.2 Å². The van der Waals surface area contributed by atoms with Crippen LogP contribution in [0.5, 0.6) is 0 Å². The molecule has 1 aliphatic rings. The molecule has 3 aromatic carbocycles. The Morgan fingerprint density at radius 1 is 0.867 bits per heavy atom. The zero-order valence-corrected chi connectivity index (χ0v) is 18.2. The van der Waals surface area contributed by atoms with Crippen LogP contribution < -0.4 is 10.6 Å². The van der Waals surface area contributed by atoms with Crippen molar-refractivity contribution in [1.29, 1.82) is 0 Å². The van der Waals surface area contributed by atoms with Crippen LogP contribution in [0.4, 0.5) is 5.69 Å². The van der Waals surface area contributed by atoms with Crippen LogP contribution in [0.15, 0.2) is 91.1 Å². The molecule has 0 aromatic heterocycles. The van der Waals surface area contributed by atoms with E-state index in [4.69, 9.17) is 28.9 Å². The van der Waals surface area contributed by atoms with E-state index in [1.54, 1.807) is 0 Å². The molecule has 30 heavy (non-hydrogen) atoms. The molecule has 1 aliphatic heterocycles. The fourth-order valence-electron chi connectivity index (χ4n) is 4.01. The van der Waals surface area contributed by atoms with Crippen LogP contribution in [0.25, 0.3) is 0 Å². The number of halogens is 2. The average molecular weight is 438 g/mol. The van der Waals surface area contributed by atoms with Crippen molar-refractivity contribution in [2.24, 2.45) is 5.73 Å². The molecule has 1 fully saturated rings. The molecule has 0 aliphatic carbocycles. The summed E-state index contributed by atoms with van der Waals surface area (Å²) in [4.78, 5) is 4.72. The number of rotatable bonds is 5. The second-order valence-electron chi connectivity index (χ2n) is 7.56. The van der Waals surface area contributed by atoms with Crippen molar-refractivity contribution in [3.05, 3.63) is 112 Å². The first kappa shape index (κ1) is 20.8. The van der Waals surface area contributed by atoms with Gasteiger partial charge in [-0.05, 0) is 47.5 Å². The Hall–Kier alpha value is -2.46. The Kier molecular flexibility index (Phi) is 6.33.